The Morgan fingerprint density at radius 1 is 1.15 bits per heavy atom. The first-order valence-corrected chi connectivity index (χ1v) is 10.9. The largest absolute Gasteiger partial charge is 0.416 e. The standard InChI is InChI=1S/C21H17F3N6O2S/c1-33-16-7-3-6-15(9-16)26-17(31)11-29-12-25-19-18(20(29)32)27-28-30(19)10-13-4-2-5-14(8-13)21(22,23)24/h2-9,12H,10-11H2,1H3,(H,26,31). The topological polar surface area (TPSA) is 94.7 Å². The molecule has 2 aromatic carbocycles. The summed E-state index contributed by atoms with van der Waals surface area (Å²) in [7, 11) is 0. The van der Waals surface area contributed by atoms with Crippen LogP contribution in [0.25, 0.3) is 11.2 Å². The van der Waals surface area contributed by atoms with E-state index in [9.17, 15) is 22.8 Å². The van der Waals surface area contributed by atoms with Gasteiger partial charge in [-0.2, -0.15) is 13.2 Å². The van der Waals surface area contributed by atoms with E-state index < -0.39 is 23.2 Å². The molecule has 0 spiro atoms. The molecule has 0 bridgehead atoms. The van der Waals surface area contributed by atoms with Gasteiger partial charge in [0, 0.05) is 10.6 Å². The van der Waals surface area contributed by atoms with Crippen LogP contribution in [0.2, 0.25) is 0 Å². The molecule has 0 unspecified atom stereocenters. The lowest BCUT2D eigenvalue weighted by Crippen LogP contribution is -2.28. The Kier molecular flexibility index (Phi) is 6.18. The van der Waals surface area contributed by atoms with Crippen LogP contribution in [-0.4, -0.2) is 36.7 Å². The van der Waals surface area contributed by atoms with E-state index in [0.29, 0.717) is 11.3 Å². The molecule has 4 aromatic rings. The molecule has 0 aliphatic rings. The van der Waals surface area contributed by atoms with Crippen molar-refractivity contribution in [3.63, 3.8) is 0 Å². The van der Waals surface area contributed by atoms with Crippen LogP contribution in [0.5, 0.6) is 0 Å². The van der Waals surface area contributed by atoms with Crippen molar-refractivity contribution in [3.05, 3.63) is 76.3 Å². The minimum Gasteiger partial charge on any atom is -0.324 e. The number of hydrogen-bond acceptors (Lipinski definition) is 6. The quantitative estimate of drug-likeness (QED) is 0.431. The molecule has 0 aliphatic heterocycles. The Balaban J connectivity index is 1.53. The lowest BCUT2D eigenvalue weighted by atomic mass is 10.1. The van der Waals surface area contributed by atoms with Crippen LogP contribution >= 0.6 is 11.8 Å². The molecule has 0 atom stereocenters. The zero-order chi connectivity index (χ0) is 23.6. The van der Waals surface area contributed by atoms with Gasteiger partial charge in [0.1, 0.15) is 12.9 Å². The van der Waals surface area contributed by atoms with Crippen LogP contribution in [0.1, 0.15) is 11.1 Å². The maximum Gasteiger partial charge on any atom is 0.416 e. The average molecular weight is 474 g/mol. The van der Waals surface area contributed by atoms with E-state index in [0.717, 1.165) is 21.6 Å². The average Bonchev–Trinajstić information content (AvgIpc) is 3.19. The van der Waals surface area contributed by atoms with Gasteiger partial charge in [-0.05, 0) is 42.2 Å². The maximum atomic E-state index is 13.0. The van der Waals surface area contributed by atoms with Gasteiger partial charge in [0.05, 0.1) is 12.1 Å². The molecule has 2 aromatic heterocycles. The normalized spacial score (nSPS) is 11.6. The van der Waals surface area contributed by atoms with Crippen LogP contribution in [0, 0.1) is 0 Å². The SMILES string of the molecule is CSc1cccc(NC(=O)Cn2cnc3c(nnn3Cc3cccc(C(F)(F)F)c3)c2=O)c1. The molecule has 2 heterocycles. The lowest BCUT2D eigenvalue weighted by Gasteiger charge is -2.09. The first-order chi connectivity index (χ1) is 15.7. The van der Waals surface area contributed by atoms with Crippen LogP contribution in [0.4, 0.5) is 18.9 Å². The molecular formula is C21H17F3N6O2S. The predicted octanol–water partition coefficient (Wildman–Crippen LogP) is 3.42. The fourth-order valence-corrected chi connectivity index (χ4v) is 3.64. The number of aromatic nitrogens is 5. The van der Waals surface area contributed by atoms with Crippen molar-refractivity contribution in [3.8, 4) is 0 Å². The number of hydrogen-bond donors (Lipinski definition) is 1. The number of amides is 1. The first kappa shape index (κ1) is 22.5. The molecule has 0 aliphatic carbocycles. The van der Waals surface area contributed by atoms with E-state index in [1.807, 2.05) is 24.5 Å². The lowest BCUT2D eigenvalue weighted by molar-refractivity contribution is -0.137. The molecule has 170 valence electrons. The van der Waals surface area contributed by atoms with Crippen molar-refractivity contribution >= 4 is 34.5 Å². The monoisotopic (exact) mass is 474 g/mol. The van der Waals surface area contributed by atoms with Crippen molar-refractivity contribution < 1.29 is 18.0 Å². The second-order valence-electron chi connectivity index (χ2n) is 7.08. The van der Waals surface area contributed by atoms with Gasteiger partial charge in [0.2, 0.25) is 5.91 Å². The Bertz CT molecular complexity index is 1380. The molecule has 12 heteroatoms. The van der Waals surface area contributed by atoms with Gasteiger partial charge in [0.15, 0.2) is 11.2 Å². The molecule has 33 heavy (non-hydrogen) atoms. The maximum absolute atomic E-state index is 13.0. The number of carbonyl (C=O) groups is 1. The third kappa shape index (κ3) is 5.06. The van der Waals surface area contributed by atoms with Crippen molar-refractivity contribution in [1.29, 1.82) is 0 Å². The predicted molar refractivity (Wildman–Crippen MR) is 117 cm³/mol. The fourth-order valence-electron chi connectivity index (χ4n) is 3.18. The molecule has 0 radical (unpaired) electrons. The smallest absolute Gasteiger partial charge is 0.324 e. The fraction of sp³-hybridized carbons (Fsp3) is 0.190. The van der Waals surface area contributed by atoms with Crippen LogP contribution in [0.3, 0.4) is 0 Å². The van der Waals surface area contributed by atoms with Gasteiger partial charge in [-0.15, -0.1) is 16.9 Å². The Labute approximate surface area is 189 Å². The second kappa shape index (κ2) is 9.06. The van der Waals surface area contributed by atoms with Gasteiger partial charge in [-0.1, -0.05) is 23.4 Å². The summed E-state index contributed by atoms with van der Waals surface area (Å²) in [5, 5.41) is 10.4. The minimum absolute atomic E-state index is 0.0524. The van der Waals surface area contributed by atoms with E-state index in [1.165, 1.54) is 34.9 Å². The van der Waals surface area contributed by atoms with E-state index in [1.54, 1.807) is 6.07 Å². The van der Waals surface area contributed by atoms with Gasteiger partial charge < -0.3 is 5.32 Å². The van der Waals surface area contributed by atoms with Crippen molar-refractivity contribution in [2.45, 2.75) is 24.2 Å². The summed E-state index contributed by atoms with van der Waals surface area (Å²) in [5.41, 5.74) is -0.407. The van der Waals surface area contributed by atoms with Gasteiger partial charge in [0.25, 0.3) is 5.56 Å². The number of benzene rings is 2. The summed E-state index contributed by atoms with van der Waals surface area (Å²) in [6, 6.07) is 12.1. The van der Waals surface area contributed by atoms with Gasteiger partial charge in [-0.25, -0.2) is 9.67 Å². The van der Waals surface area contributed by atoms with Crippen LogP contribution in [0.15, 0.2) is 64.5 Å². The number of fused-ring (bicyclic) bond motifs is 1. The highest BCUT2D eigenvalue weighted by Crippen LogP contribution is 2.29. The van der Waals surface area contributed by atoms with Crippen molar-refractivity contribution in [1.82, 2.24) is 24.5 Å². The number of carbonyl (C=O) groups excluding carboxylic acids is 1. The zero-order valence-corrected chi connectivity index (χ0v) is 18.0. The third-order valence-electron chi connectivity index (χ3n) is 4.75. The molecule has 1 amide bonds. The van der Waals surface area contributed by atoms with E-state index >= 15 is 0 Å². The Morgan fingerprint density at radius 3 is 2.70 bits per heavy atom. The number of rotatable bonds is 6. The van der Waals surface area contributed by atoms with Gasteiger partial charge in [-0.3, -0.25) is 14.2 Å². The van der Waals surface area contributed by atoms with E-state index in [4.69, 9.17) is 0 Å². The number of nitrogens with zero attached hydrogens (tertiary/aromatic N) is 5. The summed E-state index contributed by atoms with van der Waals surface area (Å²) < 4.78 is 41.2. The van der Waals surface area contributed by atoms with E-state index in [2.05, 4.69) is 20.6 Å². The number of thioether (sulfide) groups is 1. The van der Waals surface area contributed by atoms with Crippen LogP contribution < -0.4 is 10.9 Å². The Hall–Kier alpha value is -3.67. The molecule has 0 fully saturated rings. The summed E-state index contributed by atoms with van der Waals surface area (Å²) in [6.07, 6.45) is -1.36. The number of alkyl halides is 3. The molecule has 4 rings (SSSR count). The summed E-state index contributed by atoms with van der Waals surface area (Å²) in [6.45, 7) is -0.338. The highest BCUT2D eigenvalue weighted by molar-refractivity contribution is 7.98. The van der Waals surface area contributed by atoms with Crippen molar-refractivity contribution in [2.75, 3.05) is 11.6 Å². The van der Waals surface area contributed by atoms with Crippen molar-refractivity contribution in [2.24, 2.45) is 0 Å². The van der Waals surface area contributed by atoms with Crippen LogP contribution in [-0.2, 0) is 24.1 Å². The Morgan fingerprint density at radius 2 is 1.94 bits per heavy atom. The number of anilines is 1. The number of halogens is 3. The minimum atomic E-state index is -4.47. The number of nitrogens with one attached hydrogen (secondary N) is 1. The second-order valence-corrected chi connectivity index (χ2v) is 7.95. The van der Waals surface area contributed by atoms with Gasteiger partial charge >= 0.3 is 6.18 Å². The summed E-state index contributed by atoms with van der Waals surface area (Å²) >= 11 is 1.53. The van der Waals surface area contributed by atoms with E-state index in [-0.39, 0.29) is 24.3 Å². The highest BCUT2D eigenvalue weighted by atomic mass is 32.2. The highest BCUT2D eigenvalue weighted by Gasteiger charge is 2.30. The zero-order valence-electron chi connectivity index (χ0n) is 17.2. The molecule has 0 saturated carbocycles. The summed E-state index contributed by atoms with van der Waals surface area (Å²) in [4.78, 5) is 30.3. The molecule has 1 N–H and O–H groups in total. The summed E-state index contributed by atoms with van der Waals surface area (Å²) in [5.74, 6) is -0.423. The third-order valence-corrected chi connectivity index (χ3v) is 5.47. The first-order valence-electron chi connectivity index (χ1n) is 9.63. The molecule has 8 nitrogen and oxygen atoms in total. The molecule has 0 saturated heterocycles. The molecular weight excluding hydrogens is 457 g/mol.